The van der Waals surface area contributed by atoms with Gasteiger partial charge in [-0.2, -0.15) is 0 Å². The summed E-state index contributed by atoms with van der Waals surface area (Å²) in [6.07, 6.45) is 4.02. The van der Waals surface area contributed by atoms with Gasteiger partial charge in [0.2, 0.25) is 11.8 Å². The van der Waals surface area contributed by atoms with Gasteiger partial charge in [0, 0.05) is 12.6 Å². The third-order valence-electron chi connectivity index (χ3n) is 7.00. The van der Waals surface area contributed by atoms with E-state index < -0.39 is 28.5 Å². The van der Waals surface area contributed by atoms with Crippen molar-refractivity contribution in [2.75, 3.05) is 10.8 Å². The lowest BCUT2D eigenvalue weighted by Gasteiger charge is -2.32. The fourth-order valence-corrected chi connectivity index (χ4v) is 6.15. The summed E-state index contributed by atoms with van der Waals surface area (Å²) in [7, 11) is -4.05. The van der Waals surface area contributed by atoms with Crippen molar-refractivity contribution in [3.05, 3.63) is 96.1 Å². The highest BCUT2D eigenvalue weighted by atomic mass is 32.2. The molecular formula is C30H35N3O4S. The van der Waals surface area contributed by atoms with E-state index in [-0.39, 0.29) is 23.4 Å². The van der Waals surface area contributed by atoms with Crippen molar-refractivity contribution in [1.82, 2.24) is 10.2 Å². The Hall–Kier alpha value is -3.65. The second kappa shape index (κ2) is 12.3. The molecule has 1 fully saturated rings. The van der Waals surface area contributed by atoms with Gasteiger partial charge in [0.1, 0.15) is 12.6 Å². The van der Waals surface area contributed by atoms with E-state index in [0.717, 1.165) is 41.1 Å². The molecule has 3 aromatic rings. The van der Waals surface area contributed by atoms with Crippen molar-refractivity contribution in [1.29, 1.82) is 0 Å². The molecular weight excluding hydrogens is 498 g/mol. The highest BCUT2D eigenvalue weighted by Gasteiger charge is 2.33. The summed E-state index contributed by atoms with van der Waals surface area (Å²) >= 11 is 0. The first-order valence-corrected chi connectivity index (χ1v) is 14.5. The predicted molar refractivity (Wildman–Crippen MR) is 149 cm³/mol. The summed E-state index contributed by atoms with van der Waals surface area (Å²) in [6, 6.07) is 23.8. The molecule has 0 aliphatic heterocycles. The predicted octanol–water partition coefficient (Wildman–Crippen LogP) is 4.67. The van der Waals surface area contributed by atoms with Crippen LogP contribution in [0.25, 0.3) is 0 Å². The van der Waals surface area contributed by atoms with Gasteiger partial charge in [-0.05, 0) is 56.5 Å². The van der Waals surface area contributed by atoms with Gasteiger partial charge in [0.15, 0.2) is 0 Å². The second-order valence-electron chi connectivity index (χ2n) is 9.83. The van der Waals surface area contributed by atoms with Crippen LogP contribution in [0.4, 0.5) is 5.69 Å². The van der Waals surface area contributed by atoms with Crippen LogP contribution in [0.3, 0.4) is 0 Å². The van der Waals surface area contributed by atoms with Crippen LogP contribution in [0, 0.1) is 6.92 Å². The summed E-state index contributed by atoms with van der Waals surface area (Å²) < 4.78 is 28.6. The van der Waals surface area contributed by atoms with Crippen molar-refractivity contribution in [2.45, 2.75) is 63.1 Å². The minimum Gasteiger partial charge on any atom is -0.352 e. The lowest BCUT2D eigenvalue weighted by molar-refractivity contribution is -0.139. The van der Waals surface area contributed by atoms with E-state index >= 15 is 0 Å². The molecule has 1 aliphatic rings. The van der Waals surface area contributed by atoms with Crippen LogP contribution in [-0.4, -0.2) is 43.8 Å². The van der Waals surface area contributed by atoms with E-state index in [1.807, 2.05) is 49.4 Å². The maximum absolute atomic E-state index is 13.9. The molecule has 0 heterocycles. The largest absolute Gasteiger partial charge is 0.352 e. The van der Waals surface area contributed by atoms with Gasteiger partial charge < -0.3 is 10.2 Å². The van der Waals surface area contributed by atoms with E-state index in [4.69, 9.17) is 0 Å². The average Bonchev–Trinajstić information content (AvgIpc) is 3.44. The third kappa shape index (κ3) is 6.61. The van der Waals surface area contributed by atoms with Gasteiger partial charge in [-0.3, -0.25) is 13.9 Å². The Bertz CT molecular complexity index is 1320. The molecule has 2 amide bonds. The number of carbonyl (C=O) groups is 2. The highest BCUT2D eigenvalue weighted by molar-refractivity contribution is 7.92. The second-order valence-corrected chi connectivity index (χ2v) is 11.7. The molecule has 38 heavy (non-hydrogen) atoms. The molecule has 0 saturated heterocycles. The standard InChI is InChI=1S/C30H35N3O4S/c1-23-17-19-27(20-18-23)33(38(36,37)28-15-7-4-8-16-28)22-29(34)32(21-25-11-5-3-6-12-25)24(2)30(35)31-26-13-9-10-14-26/h3-8,11-12,15-20,24,26H,9-10,13-14,21-22H2,1-2H3,(H,31,35)/t24-/m0/s1. The molecule has 0 aromatic heterocycles. The normalized spacial score (nSPS) is 14.6. The first-order chi connectivity index (χ1) is 18.3. The van der Waals surface area contributed by atoms with E-state index in [0.29, 0.717) is 5.69 Å². The summed E-state index contributed by atoms with van der Waals surface area (Å²) in [6.45, 7) is 3.37. The quantitative estimate of drug-likeness (QED) is 0.411. The number of nitrogens with zero attached hydrogens (tertiary/aromatic N) is 2. The van der Waals surface area contributed by atoms with Crippen LogP contribution >= 0.6 is 0 Å². The molecule has 4 rings (SSSR count). The Morgan fingerprint density at radius 3 is 2.08 bits per heavy atom. The smallest absolute Gasteiger partial charge is 0.264 e. The number of nitrogens with one attached hydrogen (secondary N) is 1. The van der Waals surface area contributed by atoms with Crippen LogP contribution in [0.5, 0.6) is 0 Å². The third-order valence-corrected chi connectivity index (χ3v) is 8.78. The minimum absolute atomic E-state index is 0.0926. The molecule has 0 unspecified atom stereocenters. The lowest BCUT2D eigenvalue weighted by Crippen LogP contribution is -2.52. The van der Waals surface area contributed by atoms with Gasteiger partial charge in [0.25, 0.3) is 10.0 Å². The summed E-state index contributed by atoms with van der Waals surface area (Å²) in [5, 5.41) is 3.08. The Morgan fingerprint density at radius 2 is 1.47 bits per heavy atom. The topological polar surface area (TPSA) is 86.8 Å². The van der Waals surface area contributed by atoms with Crippen LogP contribution in [0.15, 0.2) is 89.8 Å². The molecule has 1 saturated carbocycles. The molecule has 0 spiro atoms. The fraction of sp³-hybridized carbons (Fsp3) is 0.333. The highest BCUT2D eigenvalue weighted by Crippen LogP contribution is 2.25. The molecule has 3 aromatic carbocycles. The first kappa shape index (κ1) is 27.4. The SMILES string of the molecule is Cc1ccc(N(CC(=O)N(Cc2ccccc2)[C@@H](C)C(=O)NC2CCCC2)S(=O)(=O)c2ccccc2)cc1. The molecule has 200 valence electrons. The Morgan fingerprint density at radius 1 is 0.895 bits per heavy atom. The number of carbonyl (C=O) groups excluding carboxylic acids is 2. The number of hydrogen-bond donors (Lipinski definition) is 1. The number of hydrogen-bond acceptors (Lipinski definition) is 4. The van der Waals surface area contributed by atoms with Gasteiger partial charge in [-0.15, -0.1) is 0 Å². The number of benzene rings is 3. The number of aryl methyl sites for hydroxylation is 1. The molecule has 7 nitrogen and oxygen atoms in total. The minimum atomic E-state index is -4.05. The Balaban J connectivity index is 1.65. The van der Waals surface area contributed by atoms with Gasteiger partial charge in [0.05, 0.1) is 10.6 Å². The number of amides is 2. The van der Waals surface area contributed by atoms with Crippen molar-refractivity contribution in [3.8, 4) is 0 Å². The molecule has 8 heteroatoms. The zero-order chi connectivity index (χ0) is 27.1. The molecule has 0 radical (unpaired) electrons. The van der Waals surface area contributed by atoms with Gasteiger partial charge >= 0.3 is 0 Å². The van der Waals surface area contributed by atoms with E-state index in [1.165, 1.54) is 17.0 Å². The number of sulfonamides is 1. The van der Waals surface area contributed by atoms with Crippen molar-refractivity contribution in [3.63, 3.8) is 0 Å². The van der Waals surface area contributed by atoms with Crippen LogP contribution < -0.4 is 9.62 Å². The van der Waals surface area contributed by atoms with Crippen LogP contribution in [0.1, 0.15) is 43.7 Å². The van der Waals surface area contributed by atoms with E-state index in [1.54, 1.807) is 37.3 Å². The lowest BCUT2D eigenvalue weighted by atomic mass is 10.1. The average molecular weight is 534 g/mol. The monoisotopic (exact) mass is 533 g/mol. The summed E-state index contributed by atoms with van der Waals surface area (Å²) in [4.78, 5) is 28.7. The van der Waals surface area contributed by atoms with Gasteiger partial charge in [-0.25, -0.2) is 8.42 Å². The van der Waals surface area contributed by atoms with Crippen molar-refractivity contribution in [2.24, 2.45) is 0 Å². The Kier molecular flexibility index (Phi) is 8.84. The molecule has 1 atom stereocenters. The van der Waals surface area contributed by atoms with Gasteiger partial charge in [-0.1, -0.05) is 79.1 Å². The maximum atomic E-state index is 13.9. The van der Waals surface area contributed by atoms with Crippen LogP contribution in [0.2, 0.25) is 0 Å². The summed E-state index contributed by atoms with van der Waals surface area (Å²) in [5.74, 6) is -0.683. The fourth-order valence-electron chi connectivity index (χ4n) is 4.71. The molecule has 1 aliphatic carbocycles. The Labute approximate surface area is 225 Å². The van der Waals surface area contributed by atoms with Crippen molar-refractivity contribution < 1.29 is 18.0 Å². The number of anilines is 1. The van der Waals surface area contributed by atoms with Crippen LogP contribution in [-0.2, 0) is 26.2 Å². The van der Waals surface area contributed by atoms with E-state index in [9.17, 15) is 18.0 Å². The first-order valence-electron chi connectivity index (χ1n) is 13.0. The number of rotatable bonds is 10. The van der Waals surface area contributed by atoms with E-state index in [2.05, 4.69) is 5.32 Å². The molecule has 0 bridgehead atoms. The molecule has 1 N–H and O–H groups in total. The zero-order valence-corrected chi connectivity index (χ0v) is 22.7. The summed E-state index contributed by atoms with van der Waals surface area (Å²) in [5.41, 5.74) is 2.21. The maximum Gasteiger partial charge on any atom is 0.264 e. The van der Waals surface area contributed by atoms with Crippen molar-refractivity contribution >= 4 is 27.5 Å². The zero-order valence-electron chi connectivity index (χ0n) is 21.9.